The van der Waals surface area contributed by atoms with Crippen LogP contribution in [0.2, 0.25) is 0 Å². The third-order valence-corrected chi connectivity index (χ3v) is 6.22. The Morgan fingerprint density at radius 3 is 2.23 bits per heavy atom. The van der Waals surface area contributed by atoms with Crippen molar-refractivity contribution in [2.45, 2.75) is 44.9 Å². The summed E-state index contributed by atoms with van der Waals surface area (Å²) in [7, 11) is 0. The number of rotatable bonds is 4. The molecule has 1 unspecified atom stereocenters. The molecule has 0 saturated heterocycles. The van der Waals surface area contributed by atoms with Crippen LogP contribution in [-0.4, -0.2) is 34.2 Å². The molecule has 10 heteroatoms. The molecule has 2 aliphatic rings. The Morgan fingerprint density at radius 2 is 1.63 bits per heavy atom. The van der Waals surface area contributed by atoms with Gasteiger partial charge in [0.15, 0.2) is 5.78 Å². The second kappa shape index (κ2) is 8.28. The highest BCUT2D eigenvalue weighted by Crippen LogP contribution is 2.52. The Hall–Kier alpha value is -3.56. The van der Waals surface area contributed by atoms with Crippen molar-refractivity contribution in [1.82, 2.24) is 10.2 Å². The molecule has 2 aromatic carbocycles. The summed E-state index contributed by atoms with van der Waals surface area (Å²) >= 11 is 0. The molecule has 0 bridgehead atoms. The molecule has 2 amide bonds. The summed E-state index contributed by atoms with van der Waals surface area (Å²) in [6.07, 6.45) is -5.74. The number of hydrogen-bond acceptors (Lipinski definition) is 3. The molecule has 1 N–H and O–H groups in total. The van der Waals surface area contributed by atoms with Gasteiger partial charge in [-0.1, -0.05) is 38.1 Å². The summed E-state index contributed by atoms with van der Waals surface area (Å²) in [5.74, 6) is -5.65. The molecule has 1 aliphatic heterocycles. The third-order valence-electron chi connectivity index (χ3n) is 6.22. The van der Waals surface area contributed by atoms with E-state index in [0.717, 1.165) is 29.2 Å². The highest BCUT2D eigenvalue weighted by atomic mass is 19.4. The lowest BCUT2D eigenvalue weighted by atomic mass is 9.72. The van der Waals surface area contributed by atoms with Gasteiger partial charge in [-0.25, -0.2) is 8.78 Å². The lowest BCUT2D eigenvalue weighted by Gasteiger charge is -2.35. The summed E-state index contributed by atoms with van der Waals surface area (Å²) in [5, 5.41) is 1.69. The molecule has 1 heterocycles. The maximum atomic E-state index is 14.8. The van der Waals surface area contributed by atoms with Crippen LogP contribution >= 0.6 is 0 Å². The first-order chi connectivity index (χ1) is 16.3. The Morgan fingerprint density at radius 1 is 1.00 bits per heavy atom. The number of alkyl halides is 3. The maximum absolute atomic E-state index is 14.8. The highest BCUT2D eigenvalue weighted by molar-refractivity contribution is 6.14. The van der Waals surface area contributed by atoms with Crippen LogP contribution in [0.3, 0.4) is 0 Å². The fourth-order valence-electron chi connectivity index (χ4n) is 4.65. The van der Waals surface area contributed by atoms with Crippen LogP contribution in [0.25, 0.3) is 0 Å². The molecule has 5 nitrogen and oxygen atoms in total. The number of allylic oxidation sites excluding steroid dienone is 1. The predicted molar refractivity (Wildman–Crippen MR) is 115 cm³/mol. The second-order valence-electron chi connectivity index (χ2n) is 9.46. The highest BCUT2D eigenvalue weighted by Gasteiger charge is 2.71. The second-order valence-corrected chi connectivity index (χ2v) is 9.46. The van der Waals surface area contributed by atoms with Crippen LogP contribution < -0.4 is 5.32 Å². The van der Waals surface area contributed by atoms with E-state index in [2.05, 4.69) is 0 Å². The van der Waals surface area contributed by atoms with Crippen molar-refractivity contribution in [2.75, 3.05) is 0 Å². The Balaban J connectivity index is 1.88. The lowest BCUT2D eigenvalue weighted by molar-refractivity contribution is -0.190. The number of ketones is 1. The molecule has 0 spiro atoms. The first-order valence-electron chi connectivity index (χ1n) is 10.7. The molecule has 0 saturated carbocycles. The number of nitrogens with zero attached hydrogens (tertiary/aromatic N) is 1. The number of carbonyl (C=O) groups excluding carboxylic acids is 3. The van der Waals surface area contributed by atoms with E-state index < -0.39 is 57.5 Å². The van der Waals surface area contributed by atoms with Gasteiger partial charge < -0.3 is 10.2 Å². The van der Waals surface area contributed by atoms with Crippen molar-refractivity contribution in [1.29, 1.82) is 0 Å². The third kappa shape index (κ3) is 4.11. The monoisotopic (exact) mass is 492 g/mol. The average molecular weight is 492 g/mol. The summed E-state index contributed by atoms with van der Waals surface area (Å²) in [5.41, 5.74) is -5.84. The van der Waals surface area contributed by atoms with Crippen LogP contribution in [0.4, 0.5) is 22.0 Å². The normalized spacial score (nSPS) is 21.9. The Kier molecular flexibility index (Phi) is 5.81. The molecule has 0 aromatic heterocycles. The first-order valence-corrected chi connectivity index (χ1v) is 10.7. The number of nitrogens with one attached hydrogen (secondary N) is 1. The molecule has 0 radical (unpaired) electrons. The SMILES string of the molecule is CC1(C)CC(=O)C2=C(C1)N(Cc1ccc(F)cc1)C(=O)C2(NC(=O)c1ccccc1F)C(F)(F)F. The molecule has 4 rings (SSSR count). The van der Waals surface area contributed by atoms with Crippen LogP contribution in [0.15, 0.2) is 59.8 Å². The van der Waals surface area contributed by atoms with E-state index in [1.165, 1.54) is 24.3 Å². The van der Waals surface area contributed by atoms with Crippen molar-refractivity contribution in [3.63, 3.8) is 0 Å². The zero-order valence-corrected chi connectivity index (χ0v) is 18.8. The van der Waals surface area contributed by atoms with Gasteiger partial charge in [0.2, 0.25) is 5.54 Å². The summed E-state index contributed by atoms with van der Waals surface area (Å²) in [6, 6.07) is 9.19. The van der Waals surface area contributed by atoms with Gasteiger partial charge in [-0.05, 0) is 41.7 Å². The van der Waals surface area contributed by atoms with Crippen molar-refractivity contribution in [3.05, 3.63) is 82.6 Å². The van der Waals surface area contributed by atoms with E-state index in [0.29, 0.717) is 5.56 Å². The molecular formula is C25H21F5N2O3. The largest absolute Gasteiger partial charge is 0.425 e. The minimum absolute atomic E-state index is 0.0472. The first kappa shape index (κ1) is 24.6. The van der Waals surface area contributed by atoms with Crippen molar-refractivity contribution in [3.8, 4) is 0 Å². The van der Waals surface area contributed by atoms with Gasteiger partial charge in [0.1, 0.15) is 11.6 Å². The van der Waals surface area contributed by atoms with Gasteiger partial charge in [-0.15, -0.1) is 0 Å². The van der Waals surface area contributed by atoms with E-state index >= 15 is 0 Å². The number of amides is 2. The number of Topliss-reactive ketones (excluding diaryl/α,β-unsaturated/α-hetero) is 1. The lowest BCUT2D eigenvalue weighted by Crippen LogP contribution is -2.66. The Bertz CT molecular complexity index is 1250. The zero-order chi connectivity index (χ0) is 25.8. The molecule has 1 atom stereocenters. The number of halogens is 5. The smallest absolute Gasteiger partial charge is 0.326 e. The number of benzene rings is 2. The van der Waals surface area contributed by atoms with Gasteiger partial charge in [0.25, 0.3) is 11.8 Å². The van der Waals surface area contributed by atoms with Gasteiger partial charge in [-0.2, -0.15) is 13.2 Å². The average Bonchev–Trinajstić information content (AvgIpc) is 2.97. The van der Waals surface area contributed by atoms with E-state index in [1.54, 1.807) is 19.2 Å². The summed E-state index contributed by atoms with van der Waals surface area (Å²) < 4.78 is 71.8. The quantitative estimate of drug-likeness (QED) is 0.631. The topological polar surface area (TPSA) is 66.5 Å². The van der Waals surface area contributed by atoms with Crippen LogP contribution in [0, 0.1) is 17.0 Å². The number of carbonyl (C=O) groups is 3. The van der Waals surface area contributed by atoms with E-state index in [4.69, 9.17) is 0 Å². The van der Waals surface area contributed by atoms with Crippen LogP contribution in [-0.2, 0) is 16.1 Å². The molecule has 2 aromatic rings. The van der Waals surface area contributed by atoms with Crippen LogP contribution in [0.5, 0.6) is 0 Å². The van der Waals surface area contributed by atoms with Gasteiger partial charge in [0.05, 0.1) is 17.7 Å². The predicted octanol–water partition coefficient (Wildman–Crippen LogP) is 4.68. The van der Waals surface area contributed by atoms with E-state index in [-0.39, 0.29) is 25.1 Å². The Labute approximate surface area is 197 Å². The van der Waals surface area contributed by atoms with Gasteiger partial charge >= 0.3 is 6.18 Å². The maximum Gasteiger partial charge on any atom is 0.425 e. The van der Waals surface area contributed by atoms with Crippen molar-refractivity contribution < 1.29 is 36.3 Å². The molecule has 1 aliphatic carbocycles. The van der Waals surface area contributed by atoms with Crippen molar-refractivity contribution in [2.24, 2.45) is 5.41 Å². The minimum Gasteiger partial charge on any atom is -0.326 e. The van der Waals surface area contributed by atoms with Gasteiger partial charge in [-0.3, -0.25) is 14.4 Å². The molecule has 184 valence electrons. The van der Waals surface area contributed by atoms with Crippen molar-refractivity contribution >= 4 is 17.6 Å². The van der Waals surface area contributed by atoms with Gasteiger partial charge in [0, 0.05) is 12.1 Å². The minimum atomic E-state index is -5.42. The fraction of sp³-hybridized carbons (Fsp3) is 0.320. The summed E-state index contributed by atoms with van der Waals surface area (Å²) in [6.45, 7) is 2.98. The standard InChI is InChI=1S/C25H21F5N2O3/c1-23(2)11-18-20(19(33)12-23)24(25(28,29)30,31-21(34)16-5-3-4-6-17(16)27)22(35)32(18)13-14-7-9-15(26)10-8-14/h3-10H,11-13H2,1-2H3,(H,31,34). The van der Waals surface area contributed by atoms with E-state index in [9.17, 15) is 36.3 Å². The molecular weight excluding hydrogens is 471 g/mol. The fourth-order valence-corrected chi connectivity index (χ4v) is 4.65. The molecule has 0 fully saturated rings. The summed E-state index contributed by atoms with van der Waals surface area (Å²) in [4.78, 5) is 40.3. The molecule has 35 heavy (non-hydrogen) atoms. The number of hydrogen-bond donors (Lipinski definition) is 1. The van der Waals surface area contributed by atoms with Crippen LogP contribution in [0.1, 0.15) is 42.6 Å². The zero-order valence-electron chi connectivity index (χ0n) is 18.8. The van der Waals surface area contributed by atoms with E-state index in [1.807, 2.05) is 0 Å².